The highest BCUT2D eigenvalue weighted by Gasteiger charge is 2.37. The Morgan fingerprint density at radius 3 is 1.28 bits per heavy atom. The fourth-order valence-corrected chi connectivity index (χ4v) is 11.2. The Hall–Kier alpha value is -5.26. The number of ether oxygens (including phenoxy) is 2. The monoisotopic (exact) mass is 871 g/mol. The molecule has 6 aliphatic rings. The molecular weight excluding hydrogens is 805 g/mol. The van der Waals surface area contributed by atoms with Gasteiger partial charge in [0, 0.05) is 49.9 Å². The van der Waals surface area contributed by atoms with Crippen molar-refractivity contribution in [1.82, 2.24) is 29.4 Å². The zero-order chi connectivity index (χ0) is 44.2. The summed E-state index contributed by atoms with van der Waals surface area (Å²) < 4.78 is 13.8. The quantitative estimate of drug-likeness (QED) is 0.144. The summed E-state index contributed by atoms with van der Waals surface area (Å²) >= 11 is 0. The van der Waals surface area contributed by atoms with E-state index >= 15 is 0 Å². The maximum Gasteiger partial charge on any atom is 0.341 e. The molecule has 0 radical (unpaired) electrons. The lowest BCUT2D eigenvalue weighted by atomic mass is 9.77. The number of aromatic nitrogens is 4. The second-order valence-electron chi connectivity index (χ2n) is 19.3. The van der Waals surface area contributed by atoms with Crippen LogP contribution in [-0.2, 0) is 19.1 Å². The van der Waals surface area contributed by atoms with Gasteiger partial charge in [-0.2, -0.15) is 10.2 Å². The number of piperidine rings is 2. The molecule has 10 rings (SSSR count). The molecule has 340 valence electrons. The SMILES string of the molecule is COC(=O)c1cnn(-c2cccc([C@@H]3CCC[C@H](C(=O)N4CCCCC4)C3)c2)c1C1CC1.COC(=O)c1cnn(-c2cccc([C@H]3CCC[C@@H](C(=O)N4CCCCC4)C3)c2)c1C1CC1. The normalized spacial score (nSPS) is 23.7. The van der Waals surface area contributed by atoms with Gasteiger partial charge in [-0.05, 0) is 150 Å². The Balaban J connectivity index is 0.000000162. The van der Waals surface area contributed by atoms with Crippen LogP contribution in [0.15, 0.2) is 60.9 Å². The summed E-state index contributed by atoms with van der Waals surface area (Å²) in [4.78, 5) is 54.9. The van der Waals surface area contributed by atoms with Crippen LogP contribution in [0.2, 0.25) is 0 Å². The number of carbonyl (C=O) groups excluding carboxylic acids is 4. The molecule has 4 aliphatic carbocycles. The van der Waals surface area contributed by atoms with Gasteiger partial charge in [0.1, 0.15) is 11.1 Å². The molecule has 12 nitrogen and oxygen atoms in total. The van der Waals surface area contributed by atoms with Crippen LogP contribution in [0.5, 0.6) is 0 Å². The molecule has 0 unspecified atom stereocenters. The summed E-state index contributed by atoms with van der Waals surface area (Å²) in [5.41, 5.74) is 7.61. The van der Waals surface area contributed by atoms with Crippen molar-refractivity contribution in [2.75, 3.05) is 40.4 Å². The summed E-state index contributed by atoms with van der Waals surface area (Å²) in [6, 6.07) is 17.1. The Bertz CT molecular complexity index is 2140. The van der Waals surface area contributed by atoms with Crippen molar-refractivity contribution in [2.24, 2.45) is 11.8 Å². The summed E-state index contributed by atoms with van der Waals surface area (Å²) in [5, 5.41) is 9.12. The molecule has 0 N–H and O–H groups in total. The fraction of sp³-hybridized carbons (Fsp3) is 0.577. The fourth-order valence-electron chi connectivity index (χ4n) is 11.2. The highest BCUT2D eigenvalue weighted by molar-refractivity contribution is 5.91. The largest absolute Gasteiger partial charge is 0.465 e. The number of carbonyl (C=O) groups is 4. The Kier molecular flexibility index (Phi) is 13.6. The van der Waals surface area contributed by atoms with Gasteiger partial charge in [-0.15, -0.1) is 0 Å². The van der Waals surface area contributed by atoms with E-state index in [-0.39, 0.29) is 23.8 Å². The molecular formula is C52H66N6O6. The van der Waals surface area contributed by atoms with Crippen molar-refractivity contribution in [1.29, 1.82) is 0 Å². The average molecular weight is 871 g/mol. The molecule has 0 spiro atoms. The van der Waals surface area contributed by atoms with Gasteiger partial charge in [0.05, 0.1) is 49.4 Å². The number of amides is 2. The van der Waals surface area contributed by atoms with E-state index < -0.39 is 0 Å². The summed E-state index contributed by atoms with van der Waals surface area (Å²) in [6.07, 6.45) is 23.0. The van der Waals surface area contributed by atoms with Gasteiger partial charge in [-0.1, -0.05) is 37.1 Å². The van der Waals surface area contributed by atoms with Gasteiger partial charge in [-0.3, -0.25) is 9.59 Å². The van der Waals surface area contributed by atoms with Crippen LogP contribution in [0.3, 0.4) is 0 Å². The number of hydrogen-bond acceptors (Lipinski definition) is 8. The Labute approximate surface area is 378 Å². The van der Waals surface area contributed by atoms with Gasteiger partial charge >= 0.3 is 11.9 Å². The number of rotatable bonds is 10. The minimum Gasteiger partial charge on any atom is -0.465 e. The average Bonchev–Trinajstić information content (AvgIpc) is 4.31. The minimum absolute atomic E-state index is 0.146. The number of nitrogens with zero attached hydrogens (tertiary/aromatic N) is 6. The lowest BCUT2D eigenvalue weighted by molar-refractivity contribution is -0.138. The van der Waals surface area contributed by atoms with Gasteiger partial charge in [-0.25, -0.2) is 19.0 Å². The highest BCUT2D eigenvalue weighted by atomic mass is 16.5. The molecule has 4 saturated carbocycles. The standard InChI is InChI=1S/2C26H33N3O3/c2*1-32-26(31)23-17-27-29(24(23)18-11-12-18)22-10-6-8-20(16-22)19-7-5-9-21(15-19)25(30)28-13-3-2-4-14-28/h2*6,8,10,16-19,21H,2-5,7,9,11-15H2,1H3/t2*19-,21+/m10/s1. The van der Waals surface area contributed by atoms with Crippen molar-refractivity contribution in [3.63, 3.8) is 0 Å². The first kappa shape index (κ1) is 44.0. The first-order chi connectivity index (χ1) is 31.3. The molecule has 12 heteroatoms. The van der Waals surface area contributed by atoms with E-state index in [1.807, 2.05) is 9.36 Å². The summed E-state index contributed by atoms with van der Waals surface area (Å²) in [7, 11) is 2.84. The third-order valence-electron chi connectivity index (χ3n) is 14.9. The number of hydrogen-bond donors (Lipinski definition) is 0. The van der Waals surface area contributed by atoms with Gasteiger partial charge in [0.15, 0.2) is 0 Å². The van der Waals surface area contributed by atoms with E-state index in [9.17, 15) is 19.2 Å². The Morgan fingerprint density at radius 1 is 0.500 bits per heavy atom. The van der Waals surface area contributed by atoms with Gasteiger partial charge in [0.2, 0.25) is 11.8 Å². The zero-order valence-electron chi connectivity index (χ0n) is 37.9. The minimum atomic E-state index is -0.319. The van der Waals surface area contributed by atoms with Crippen molar-refractivity contribution in [3.8, 4) is 11.4 Å². The molecule has 4 atom stereocenters. The second kappa shape index (κ2) is 19.9. The molecule has 64 heavy (non-hydrogen) atoms. The Morgan fingerprint density at radius 2 is 0.906 bits per heavy atom. The van der Waals surface area contributed by atoms with Crippen molar-refractivity contribution < 1.29 is 28.7 Å². The number of likely N-dealkylation sites (tertiary alicyclic amines) is 2. The summed E-state index contributed by atoms with van der Waals surface area (Å²) in [5.74, 6) is 1.92. The smallest absolute Gasteiger partial charge is 0.341 e. The third kappa shape index (κ3) is 9.71. The third-order valence-corrected chi connectivity index (χ3v) is 14.9. The molecule has 0 bridgehead atoms. The maximum absolute atomic E-state index is 13.1. The number of esters is 2. The van der Waals surface area contributed by atoms with Crippen LogP contribution in [0.4, 0.5) is 0 Å². The zero-order valence-corrected chi connectivity index (χ0v) is 37.9. The van der Waals surface area contributed by atoms with E-state index in [0.717, 1.165) is 152 Å². The van der Waals surface area contributed by atoms with Crippen LogP contribution in [-0.4, -0.2) is 93.5 Å². The summed E-state index contributed by atoms with van der Waals surface area (Å²) in [6.45, 7) is 3.73. The van der Waals surface area contributed by atoms with Crippen molar-refractivity contribution in [3.05, 3.63) is 94.6 Å². The molecule has 6 fully saturated rings. The molecule has 2 saturated heterocycles. The molecule has 2 amide bonds. The molecule has 4 heterocycles. The van der Waals surface area contributed by atoms with E-state index in [2.05, 4.69) is 68.5 Å². The second-order valence-corrected chi connectivity index (χ2v) is 19.3. The van der Waals surface area contributed by atoms with E-state index in [1.165, 1.54) is 38.2 Å². The van der Waals surface area contributed by atoms with Crippen LogP contribution in [0, 0.1) is 11.8 Å². The predicted octanol–water partition coefficient (Wildman–Crippen LogP) is 9.65. The first-order valence-electron chi connectivity index (χ1n) is 24.4. The van der Waals surface area contributed by atoms with E-state index in [4.69, 9.17) is 9.47 Å². The van der Waals surface area contributed by atoms with E-state index in [0.29, 0.717) is 46.6 Å². The topological polar surface area (TPSA) is 129 Å². The maximum atomic E-state index is 13.1. The van der Waals surface area contributed by atoms with E-state index in [1.54, 1.807) is 12.4 Å². The van der Waals surface area contributed by atoms with Crippen molar-refractivity contribution >= 4 is 23.8 Å². The molecule has 2 aromatic heterocycles. The lowest BCUT2D eigenvalue weighted by Crippen LogP contribution is -2.40. The molecule has 4 aromatic rings. The highest BCUT2D eigenvalue weighted by Crippen LogP contribution is 2.45. The number of methoxy groups -OCH3 is 2. The van der Waals surface area contributed by atoms with Crippen molar-refractivity contribution in [2.45, 2.75) is 139 Å². The lowest BCUT2D eigenvalue weighted by Gasteiger charge is -2.34. The molecule has 2 aromatic carbocycles. The van der Waals surface area contributed by atoms with Crippen LogP contribution in [0.1, 0.15) is 182 Å². The van der Waals surface area contributed by atoms with Gasteiger partial charge < -0.3 is 19.3 Å². The number of benzene rings is 2. The first-order valence-corrected chi connectivity index (χ1v) is 24.4. The van der Waals surface area contributed by atoms with Crippen LogP contribution in [0.25, 0.3) is 11.4 Å². The van der Waals surface area contributed by atoms with Crippen LogP contribution < -0.4 is 0 Å². The molecule has 2 aliphatic heterocycles. The van der Waals surface area contributed by atoms with Crippen LogP contribution >= 0.6 is 0 Å². The predicted molar refractivity (Wildman–Crippen MR) is 244 cm³/mol. The van der Waals surface area contributed by atoms with Gasteiger partial charge in [0.25, 0.3) is 0 Å².